The number of aryl methyl sites for hydroxylation is 1. The van der Waals surface area contributed by atoms with Crippen molar-refractivity contribution < 1.29 is 9.59 Å². The van der Waals surface area contributed by atoms with E-state index < -0.39 is 6.03 Å². The Hall–Kier alpha value is -2.12. The summed E-state index contributed by atoms with van der Waals surface area (Å²) in [6.07, 6.45) is 0. The van der Waals surface area contributed by atoms with Gasteiger partial charge in [0.2, 0.25) is 0 Å². The van der Waals surface area contributed by atoms with E-state index in [1.807, 2.05) is 6.92 Å². The van der Waals surface area contributed by atoms with Gasteiger partial charge in [-0.05, 0) is 38.1 Å². The molecule has 6 nitrogen and oxygen atoms in total. The Morgan fingerprint density at radius 3 is 2.55 bits per heavy atom. The molecule has 3 amide bonds. The van der Waals surface area contributed by atoms with E-state index in [0.717, 1.165) is 11.3 Å². The predicted octanol–water partition coefficient (Wildman–Crippen LogP) is 3.50. The summed E-state index contributed by atoms with van der Waals surface area (Å²) in [5, 5.41) is 8.93. The summed E-state index contributed by atoms with van der Waals surface area (Å²) in [5.74, 6) is -0.191. The highest BCUT2D eigenvalue weighted by atomic mass is 35.5. The highest BCUT2D eigenvalue weighted by Gasteiger charge is 2.15. The van der Waals surface area contributed by atoms with Crippen molar-refractivity contribution >= 4 is 45.7 Å². The minimum atomic E-state index is -0.432. The predicted molar refractivity (Wildman–Crippen MR) is 89.0 cm³/mol. The van der Waals surface area contributed by atoms with Crippen LogP contribution in [-0.2, 0) is 0 Å². The van der Waals surface area contributed by atoms with Gasteiger partial charge in [-0.15, -0.1) is 0 Å². The molecule has 22 heavy (non-hydrogen) atoms. The van der Waals surface area contributed by atoms with Crippen molar-refractivity contribution in [2.45, 2.75) is 13.8 Å². The number of anilines is 2. The van der Waals surface area contributed by atoms with Gasteiger partial charge in [0.05, 0.1) is 5.69 Å². The second kappa shape index (κ2) is 7.24. The van der Waals surface area contributed by atoms with E-state index in [2.05, 4.69) is 20.9 Å². The molecule has 2 rings (SSSR count). The number of carbonyl (C=O) groups excluding carboxylic acids is 2. The number of carbonyl (C=O) groups is 2. The topological polar surface area (TPSA) is 83.1 Å². The number of aromatic nitrogens is 1. The molecule has 1 aromatic heterocycles. The van der Waals surface area contributed by atoms with Gasteiger partial charge in [0.25, 0.3) is 5.91 Å². The summed E-state index contributed by atoms with van der Waals surface area (Å²) in [5.41, 5.74) is 1.19. The number of nitrogens with one attached hydrogen (secondary N) is 3. The van der Waals surface area contributed by atoms with Gasteiger partial charge in [-0.1, -0.05) is 22.9 Å². The highest BCUT2D eigenvalue weighted by molar-refractivity contribution is 7.17. The Bertz CT molecular complexity index is 685. The molecule has 0 saturated heterocycles. The van der Waals surface area contributed by atoms with Gasteiger partial charge < -0.3 is 10.6 Å². The molecule has 1 aromatic carbocycles. The average Bonchev–Trinajstić information content (AvgIpc) is 2.82. The maximum atomic E-state index is 11.9. The molecule has 0 saturated carbocycles. The van der Waals surface area contributed by atoms with Crippen LogP contribution in [0.5, 0.6) is 0 Å². The number of hydrogen-bond donors (Lipinski definition) is 3. The molecule has 3 N–H and O–H groups in total. The fourth-order valence-corrected chi connectivity index (χ4v) is 2.70. The van der Waals surface area contributed by atoms with E-state index in [1.54, 1.807) is 31.2 Å². The standard InChI is InChI=1S/C14H15ClN4O2S/c1-3-16-12(20)11-8(2)17-14(22-11)19-13(21)18-10-6-4-9(15)5-7-10/h4-7H,3H2,1-2H3,(H,16,20)(H2,17,18,19,21). The van der Waals surface area contributed by atoms with E-state index in [9.17, 15) is 9.59 Å². The number of thiazole rings is 1. The number of nitrogens with zero attached hydrogens (tertiary/aromatic N) is 1. The van der Waals surface area contributed by atoms with Gasteiger partial charge in [0, 0.05) is 17.3 Å². The molecule has 2 aromatic rings. The van der Waals surface area contributed by atoms with Crippen molar-refractivity contribution in [2.75, 3.05) is 17.2 Å². The second-order valence-corrected chi connectivity index (χ2v) is 5.81. The van der Waals surface area contributed by atoms with Crippen molar-refractivity contribution in [2.24, 2.45) is 0 Å². The summed E-state index contributed by atoms with van der Waals surface area (Å²) in [4.78, 5) is 28.4. The average molecular weight is 339 g/mol. The second-order valence-electron chi connectivity index (χ2n) is 4.38. The molecule has 116 valence electrons. The van der Waals surface area contributed by atoms with E-state index in [-0.39, 0.29) is 5.91 Å². The number of urea groups is 1. The van der Waals surface area contributed by atoms with Crippen LogP contribution in [0.4, 0.5) is 15.6 Å². The third kappa shape index (κ3) is 4.19. The molecule has 1 heterocycles. The zero-order valence-electron chi connectivity index (χ0n) is 12.1. The Balaban J connectivity index is 2.01. The first-order valence-corrected chi connectivity index (χ1v) is 7.78. The lowest BCUT2D eigenvalue weighted by Crippen LogP contribution is -2.22. The van der Waals surface area contributed by atoms with Crippen molar-refractivity contribution in [3.63, 3.8) is 0 Å². The number of benzene rings is 1. The quantitative estimate of drug-likeness (QED) is 0.797. The van der Waals surface area contributed by atoms with Crippen LogP contribution >= 0.6 is 22.9 Å². The maximum Gasteiger partial charge on any atom is 0.325 e. The Morgan fingerprint density at radius 2 is 1.91 bits per heavy atom. The minimum absolute atomic E-state index is 0.191. The summed E-state index contributed by atoms with van der Waals surface area (Å²) in [6.45, 7) is 4.10. The van der Waals surface area contributed by atoms with Crippen molar-refractivity contribution in [3.05, 3.63) is 39.9 Å². The molecule has 0 fully saturated rings. The van der Waals surface area contributed by atoms with Gasteiger partial charge in [0.1, 0.15) is 4.88 Å². The lowest BCUT2D eigenvalue weighted by atomic mass is 10.3. The van der Waals surface area contributed by atoms with Gasteiger partial charge in [-0.2, -0.15) is 0 Å². The summed E-state index contributed by atoms with van der Waals surface area (Å²) in [6, 6.07) is 6.30. The Labute approximate surface area is 136 Å². The molecule has 0 spiro atoms. The fraction of sp³-hybridized carbons (Fsp3) is 0.214. The zero-order chi connectivity index (χ0) is 16.1. The van der Waals surface area contributed by atoms with Crippen LogP contribution in [0.2, 0.25) is 5.02 Å². The van der Waals surface area contributed by atoms with Crippen molar-refractivity contribution in [1.29, 1.82) is 0 Å². The Morgan fingerprint density at radius 1 is 1.23 bits per heavy atom. The molecule has 0 aliphatic rings. The van der Waals surface area contributed by atoms with Crippen LogP contribution in [0.15, 0.2) is 24.3 Å². The highest BCUT2D eigenvalue weighted by Crippen LogP contribution is 2.22. The zero-order valence-corrected chi connectivity index (χ0v) is 13.6. The SMILES string of the molecule is CCNC(=O)c1sc(NC(=O)Nc2ccc(Cl)cc2)nc1C. The van der Waals surface area contributed by atoms with E-state index in [1.165, 1.54) is 0 Å². The van der Waals surface area contributed by atoms with Crippen LogP contribution in [-0.4, -0.2) is 23.5 Å². The van der Waals surface area contributed by atoms with Crippen LogP contribution < -0.4 is 16.0 Å². The van der Waals surface area contributed by atoms with Crippen LogP contribution in [0.1, 0.15) is 22.3 Å². The monoisotopic (exact) mass is 338 g/mol. The lowest BCUT2D eigenvalue weighted by Gasteiger charge is -2.05. The first kappa shape index (κ1) is 16.3. The first-order valence-electron chi connectivity index (χ1n) is 6.58. The van der Waals surface area contributed by atoms with Crippen LogP contribution in [0.3, 0.4) is 0 Å². The molecule has 0 aliphatic carbocycles. The Kier molecular flexibility index (Phi) is 5.35. The number of amides is 3. The molecule has 0 unspecified atom stereocenters. The van der Waals surface area contributed by atoms with Gasteiger partial charge in [0.15, 0.2) is 5.13 Å². The molecular weight excluding hydrogens is 324 g/mol. The summed E-state index contributed by atoms with van der Waals surface area (Å²) in [7, 11) is 0. The minimum Gasteiger partial charge on any atom is -0.352 e. The summed E-state index contributed by atoms with van der Waals surface area (Å²) < 4.78 is 0. The van der Waals surface area contributed by atoms with Gasteiger partial charge >= 0.3 is 6.03 Å². The molecule has 0 bridgehead atoms. The van der Waals surface area contributed by atoms with Crippen molar-refractivity contribution in [3.8, 4) is 0 Å². The van der Waals surface area contributed by atoms with Crippen LogP contribution in [0.25, 0.3) is 0 Å². The third-order valence-corrected chi connectivity index (χ3v) is 3.99. The molecule has 0 radical (unpaired) electrons. The number of hydrogen-bond acceptors (Lipinski definition) is 4. The van der Waals surface area contributed by atoms with Crippen LogP contribution in [0, 0.1) is 6.92 Å². The van der Waals surface area contributed by atoms with E-state index in [0.29, 0.717) is 33.0 Å². The van der Waals surface area contributed by atoms with Gasteiger partial charge in [-0.3, -0.25) is 10.1 Å². The van der Waals surface area contributed by atoms with E-state index in [4.69, 9.17) is 11.6 Å². The van der Waals surface area contributed by atoms with Crippen molar-refractivity contribution in [1.82, 2.24) is 10.3 Å². The third-order valence-electron chi connectivity index (χ3n) is 2.66. The smallest absolute Gasteiger partial charge is 0.325 e. The maximum absolute atomic E-state index is 11.9. The summed E-state index contributed by atoms with van der Waals surface area (Å²) >= 11 is 6.91. The largest absolute Gasteiger partial charge is 0.352 e. The molecule has 8 heteroatoms. The lowest BCUT2D eigenvalue weighted by molar-refractivity contribution is 0.0959. The number of rotatable bonds is 4. The van der Waals surface area contributed by atoms with Gasteiger partial charge in [-0.25, -0.2) is 9.78 Å². The first-order chi connectivity index (χ1) is 10.5. The molecule has 0 aliphatic heterocycles. The number of halogens is 1. The molecule has 0 atom stereocenters. The normalized spacial score (nSPS) is 10.1. The van der Waals surface area contributed by atoms with E-state index >= 15 is 0 Å². The fourth-order valence-electron chi connectivity index (χ4n) is 1.69. The molecular formula is C14H15ClN4O2S.